The van der Waals surface area contributed by atoms with Gasteiger partial charge in [-0.15, -0.1) is 5.10 Å². The second-order valence-electron chi connectivity index (χ2n) is 9.41. The number of allylic oxidation sites excluding steroid dienone is 2. The summed E-state index contributed by atoms with van der Waals surface area (Å²) in [5.41, 5.74) is 0.173. The molecule has 2 aromatic rings. The zero-order chi connectivity index (χ0) is 22.1. The smallest absolute Gasteiger partial charge is 0.240 e. The van der Waals surface area contributed by atoms with E-state index in [1.165, 1.54) is 6.07 Å². The molecule has 3 fully saturated rings. The fourth-order valence-corrected chi connectivity index (χ4v) is 6.92. The third-order valence-electron chi connectivity index (χ3n) is 7.25. The zero-order valence-corrected chi connectivity index (χ0v) is 19.5. The fraction of sp³-hybridized carbons (Fsp3) is 0.591. The second kappa shape index (κ2) is 9.00. The molecule has 168 valence electrons. The van der Waals surface area contributed by atoms with Crippen molar-refractivity contribution >= 4 is 21.6 Å². The van der Waals surface area contributed by atoms with Crippen molar-refractivity contribution in [2.45, 2.75) is 63.3 Å². The first-order chi connectivity index (χ1) is 14.8. The molecule has 4 atom stereocenters. The van der Waals surface area contributed by atoms with E-state index in [1.54, 1.807) is 18.2 Å². The van der Waals surface area contributed by atoms with E-state index in [-0.39, 0.29) is 16.4 Å². The Bertz CT molecular complexity index is 1020. The van der Waals surface area contributed by atoms with Gasteiger partial charge in [0.2, 0.25) is 10.0 Å². The van der Waals surface area contributed by atoms with Crippen LogP contribution >= 0.6 is 11.6 Å². The number of H-pyrrole nitrogens is 1. The maximum Gasteiger partial charge on any atom is 0.240 e. The van der Waals surface area contributed by atoms with Crippen LogP contribution in [0.4, 0.5) is 0 Å². The molecular formula is C22H30ClN5O2S. The lowest BCUT2D eigenvalue weighted by Crippen LogP contribution is -2.63. The van der Waals surface area contributed by atoms with Crippen LogP contribution in [0.5, 0.6) is 0 Å². The average molecular weight is 464 g/mol. The molecule has 0 unspecified atom stereocenters. The molecule has 1 heterocycles. The topological polar surface area (TPSA) is 101 Å². The third kappa shape index (κ3) is 4.86. The number of nitrogens with zero attached hydrogens (tertiary/aromatic N) is 3. The SMILES string of the molecule is CC1(C)[C@H]2C[C@H](CC=CCCCc3nnn[nH]3)[C@@H](NS(=O)(=O)c3cccc(Cl)c3)[C@H]1C2. The van der Waals surface area contributed by atoms with E-state index in [1.807, 2.05) is 0 Å². The lowest BCUT2D eigenvalue weighted by molar-refractivity contribution is -0.108. The summed E-state index contributed by atoms with van der Waals surface area (Å²) in [4.78, 5) is 0.232. The molecule has 0 aliphatic heterocycles. The maximum atomic E-state index is 13.1. The van der Waals surface area contributed by atoms with Crippen molar-refractivity contribution < 1.29 is 8.42 Å². The molecule has 0 spiro atoms. The normalized spacial score (nSPS) is 27.3. The van der Waals surface area contributed by atoms with Crippen molar-refractivity contribution in [2.75, 3.05) is 0 Å². The lowest BCUT2D eigenvalue weighted by atomic mass is 9.45. The Morgan fingerprint density at radius 2 is 2.13 bits per heavy atom. The highest BCUT2D eigenvalue weighted by Crippen LogP contribution is 2.61. The van der Waals surface area contributed by atoms with Crippen LogP contribution in [0.15, 0.2) is 41.3 Å². The number of unbranched alkanes of at least 4 members (excludes halogenated alkanes) is 1. The number of hydrogen-bond acceptors (Lipinski definition) is 5. The number of aromatic amines is 1. The van der Waals surface area contributed by atoms with Gasteiger partial charge in [-0.05, 0) is 83.9 Å². The molecular weight excluding hydrogens is 434 g/mol. The minimum absolute atomic E-state index is 0.0612. The number of halogens is 1. The number of sulfonamides is 1. The molecule has 0 amide bonds. The van der Waals surface area contributed by atoms with Gasteiger partial charge in [-0.3, -0.25) is 0 Å². The van der Waals surface area contributed by atoms with E-state index < -0.39 is 10.0 Å². The highest BCUT2D eigenvalue weighted by atomic mass is 35.5. The van der Waals surface area contributed by atoms with Gasteiger partial charge in [0.05, 0.1) is 4.90 Å². The van der Waals surface area contributed by atoms with Gasteiger partial charge >= 0.3 is 0 Å². The first-order valence-corrected chi connectivity index (χ1v) is 12.8. The van der Waals surface area contributed by atoms with Crippen LogP contribution in [-0.2, 0) is 16.4 Å². The van der Waals surface area contributed by atoms with Gasteiger partial charge < -0.3 is 0 Å². The van der Waals surface area contributed by atoms with Crippen LogP contribution in [0.3, 0.4) is 0 Å². The second-order valence-corrected chi connectivity index (χ2v) is 11.6. The minimum atomic E-state index is -3.62. The largest absolute Gasteiger partial charge is 0.243 e. The third-order valence-corrected chi connectivity index (χ3v) is 8.94. The molecule has 1 aromatic heterocycles. The maximum absolute atomic E-state index is 13.1. The highest BCUT2D eigenvalue weighted by molar-refractivity contribution is 7.89. The van der Waals surface area contributed by atoms with Crippen molar-refractivity contribution in [3.8, 4) is 0 Å². The zero-order valence-electron chi connectivity index (χ0n) is 18.0. The summed E-state index contributed by atoms with van der Waals surface area (Å²) in [7, 11) is -3.62. The monoisotopic (exact) mass is 463 g/mol. The van der Waals surface area contributed by atoms with Gasteiger partial charge in [0.1, 0.15) is 5.82 Å². The van der Waals surface area contributed by atoms with Crippen LogP contribution in [0.2, 0.25) is 5.02 Å². The predicted molar refractivity (Wildman–Crippen MR) is 120 cm³/mol. The number of nitrogens with one attached hydrogen (secondary N) is 2. The van der Waals surface area contributed by atoms with Crippen molar-refractivity contribution in [1.29, 1.82) is 0 Å². The summed E-state index contributed by atoms with van der Waals surface area (Å²) in [6, 6.07) is 6.42. The summed E-state index contributed by atoms with van der Waals surface area (Å²) >= 11 is 6.03. The Balaban J connectivity index is 1.40. The number of benzene rings is 1. The number of rotatable bonds is 9. The molecule has 7 nitrogen and oxygen atoms in total. The standard InChI is InChI=1S/C22H30ClN5O2S/c1-22(2)16-12-15(8-5-3-4-6-11-20-24-27-28-25-20)21(19(22)13-16)26-31(29,30)18-10-7-9-17(23)14-18/h3,5,7,9-10,14-16,19,21,26H,4,6,8,11-13H2,1-2H3,(H,24,25,27,28)/t15-,16-,19+,21+/m0/s1. The molecule has 3 aliphatic carbocycles. The molecule has 0 radical (unpaired) electrons. The molecule has 31 heavy (non-hydrogen) atoms. The Kier molecular flexibility index (Phi) is 6.51. The number of aromatic nitrogens is 4. The fourth-order valence-electron chi connectivity index (χ4n) is 5.27. The van der Waals surface area contributed by atoms with Crippen LogP contribution in [-0.4, -0.2) is 35.1 Å². The van der Waals surface area contributed by atoms with Gasteiger partial charge in [0, 0.05) is 17.5 Å². The van der Waals surface area contributed by atoms with Gasteiger partial charge in [0.15, 0.2) is 0 Å². The number of hydrogen-bond donors (Lipinski definition) is 2. The molecule has 9 heteroatoms. The summed E-state index contributed by atoms with van der Waals surface area (Å²) in [5.74, 6) is 2.14. The van der Waals surface area contributed by atoms with Crippen LogP contribution in [0, 0.1) is 23.2 Å². The quantitative estimate of drug-likeness (QED) is 0.429. The molecule has 1 aromatic carbocycles. The van der Waals surface area contributed by atoms with Gasteiger partial charge in [-0.1, -0.05) is 43.7 Å². The van der Waals surface area contributed by atoms with Crippen molar-refractivity contribution in [3.63, 3.8) is 0 Å². The molecule has 0 saturated heterocycles. The van der Waals surface area contributed by atoms with E-state index >= 15 is 0 Å². The number of fused-ring (bicyclic) bond motifs is 2. The van der Waals surface area contributed by atoms with Gasteiger partial charge in [0.25, 0.3) is 0 Å². The highest BCUT2D eigenvalue weighted by Gasteiger charge is 2.58. The number of tetrazole rings is 1. The summed E-state index contributed by atoms with van der Waals surface area (Å²) in [6.45, 7) is 4.55. The Labute approximate surface area is 189 Å². The Morgan fingerprint density at radius 1 is 1.29 bits per heavy atom. The minimum Gasteiger partial charge on any atom is -0.243 e. The Morgan fingerprint density at radius 3 is 2.84 bits per heavy atom. The molecule has 3 aliphatic rings. The Hall–Kier alpha value is -1.77. The summed E-state index contributed by atoms with van der Waals surface area (Å²) in [5, 5.41) is 14.3. The van der Waals surface area contributed by atoms with Crippen LogP contribution in [0.25, 0.3) is 0 Å². The lowest BCUT2D eigenvalue weighted by Gasteiger charge is -2.62. The van der Waals surface area contributed by atoms with Crippen molar-refractivity contribution in [3.05, 3.63) is 47.3 Å². The average Bonchev–Trinajstić information content (AvgIpc) is 3.24. The number of aryl methyl sites for hydroxylation is 1. The van der Waals surface area contributed by atoms with Crippen LogP contribution < -0.4 is 4.72 Å². The van der Waals surface area contributed by atoms with E-state index in [0.717, 1.165) is 44.3 Å². The van der Waals surface area contributed by atoms with E-state index in [9.17, 15) is 8.42 Å². The summed E-state index contributed by atoms with van der Waals surface area (Å²) < 4.78 is 29.2. The van der Waals surface area contributed by atoms with Crippen molar-refractivity contribution in [1.82, 2.24) is 25.3 Å². The van der Waals surface area contributed by atoms with Gasteiger partial charge in [-0.25, -0.2) is 18.2 Å². The van der Waals surface area contributed by atoms with E-state index in [2.05, 4.69) is 51.3 Å². The first-order valence-electron chi connectivity index (χ1n) is 10.9. The molecule has 3 saturated carbocycles. The molecule has 2 bridgehead atoms. The molecule has 5 rings (SSSR count). The van der Waals surface area contributed by atoms with E-state index in [0.29, 0.717) is 22.8 Å². The first kappa shape index (κ1) is 22.4. The summed E-state index contributed by atoms with van der Waals surface area (Å²) in [6.07, 6.45) is 10.2. The molecule has 2 N–H and O–H groups in total. The van der Waals surface area contributed by atoms with E-state index in [4.69, 9.17) is 11.6 Å². The van der Waals surface area contributed by atoms with Gasteiger partial charge in [-0.2, -0.15) is 0 Å². The predicted octanol–water partition coefficient (Wildman–Crippen LogP) is 4.15. The van der Waals surface area contributed by atoms with Crippen LogP contribution in [0.1, 0.15) is 51.8 Å². The van der Waals surface area contributed by atoms with Crippen molar-refractivity contribution in [2.24, 2.45) is 23.2 Å².